The second-order valence-electron chi connectivity index (χ2n) is 6.91. The van der Waals surface area contributed by atoms with Gasteiger partial charge in [0.25, 0.3) is 0 Å². The molecule has 0 bridgehead atoms. The molecule has 5 nitrogen and oxygen atoms in total. The molecule has 1 saturated heterocycles. The van der Waals surface area contributed by atoms with Gasteiger partial charge in [-0.2, -0.15) is 0 Å². The Balaban J connectivity index is 1.39. The molecule has 1 aliphatic heterocycles. The molecule has 1 aliphatic rings. The van der Waals surface area contributed by atoms with Crippen molar-refractivity contribution in [3.63, 3.8) is 0 Å². The van der Waals surface area contributed by atoms with E-state index in [0.29, 0.717) is 5.92 Å². The van der Waals surface area contributed by atoms with Crippen molar-refractivity contribution in [2.75, 3.05) is 18.4 Å². The van der Waals surface area contributed by atoms with Crippen LogP contribution in [0.2, 0.25) is 0 Å². The number of urea groups is 1. The van der Waals surface area contributed by atoms with Gasteiger partial charge in [0.15, 0.2) is 0 Å². The van der Waals surface area contributed by atoms with Crippen LogP contribution in [0.4, 0.5) is 10.5 Å². The van der Waals surface area contributed by atoms with E-state index in [2.05, 4.69) is 20.7 Å². The molecule has 4 rings (SSSR count). The molecule has 0 saturated carbocycles. The van der Waals surface area contributed by atoms with E-state index in [9.17, 15) is 4.79 Å². The first-order valence-corrected chi connectivity index (χ1v) is 10.8. The van der Waals surface area contributed by atoms with Crippen molar-refractivity contribution >= 4 is 34.4 Å². The number of thiazole rings is 2. The van der Waals surface area contributed by atoms with Gasteiger partial charge in [0, 0.05) is 52.4 Å². The first kappa shape index (κ1) is 18.1. The van der Waals surface area contributed by atoms with E-state index in [-0.39, 0.29) is 6.03 Å². The number of carbonyl (C=O) groups excluding carboxylic acids is 1. The van der Waals surface area contributed by atoms with Crippen molar-refractivity contribution in [1.82, 2.24) is 14.9 Å². The number of anilines is 1. The van der Waals surface area contributed by atoms with Gasteiger partial charge in [0.2, 0.25) is 0 Å². The molecule has 0 spiro atoms. The summed E-state index contributed by atoms with van der Waals surface area (Å²) in [6.07, 6.45) is 2.11. The van der Waals surface area contributed by atoms with Crippen molar-refractivity contribution in [2.45, 2.75) is 32.6 Å². The van der Waals surface area contributed by atoms with Gasteiger partial charge in [0.05, 0.1) is 5.01 Å². The highest BCUT2D eigenvalue weighted by Gasteiger charge is 2.26. The second kappa shape index (κ2) is 7.78. The molecule has 140 valence electrons. The molecule has 3 aromatic rings. The minimum atomic E-state index is -0.0363. The second-order valence-corrected chi connectivity index (χ2v) is 8.66. The summed E-state index contributed by atoms with van der Waals surface area (Å²) in [5.74, 6) is 0.346. The lowest BCUT2D eigenvalue weighted by atomic mass is 9.99. The van der Waals surface area contributed by atoms with E-state index in [1.54, 1.807) is 22.7 Å². The number of carbonyl (C=O) groups is 1. The Bertz CT molecular complexity index is 932. The van der Waals surface area contributed by atoms with E-state index in [0.717, 1.165) is 58.6 Å². The van der Waals surface area contributed by atoms with Crippen LogP contribution in [-0.4, -0.2) is 34.0 Å². The van der Waals surface area contributed by atoms with Gasteiger partial charge < -0.3 is 10.2 Å². The number of amides is 2. The summed E-state index contributed by atoms with van der Waals surface area (Å²) in [5, 5.41) is 9.30. The Hall–Kier alpha value is -2.25. The molecule has 7 heteroatoms. The minimum absolute atomic E-state index is 0.0363. The summed E-state index contributed by atoms with van der Waals surface area (Å²) in [5.41, 5.74) is 3.97. The number of nitrogens with one attached hydrogen (secondary N) is 1. The molecular formula is C20H22N4OS2. The van der Waals surface area contributed by atoms with Gasteiger partial charge in [-0.05, 0) is 51.0 Å². The maximum Gasteiger partial charge on any atom is 0.321 e. The summed E-state index contributed by atoms with van der Waals surface area (Å²) < 4.78 is 0. The number of likely N-dealkylation sites (tertiary alicyclic amines) is 1. The fourth-order valence-corrected chi connectivity index (χ4v) is 5.04. The molecule has 1 aromatic carbocycles. The van der Waals surface area contributed by atoms with Gasteiger partial charge >= 0.3 is 6.03 Å². The number of aryl methyl sites for hydroxylation is 2. The maximum absolute atomic E-state index is 12.7. The van der Waals surface area contributed by atoms with Gasteiger partial charge in [0.1, 0.15) is 5.01 Å². The van der Waals surface area contributed by atoms with Crippen LogP contribution in [0.5, 0.6) is 0 Å². The lowest BCUT2D eigenvalue weighted by Gasteiger charge is -2.31. The Kier molecular flexibility index (Phi) is 5.22. The maximum atomic E-state index is 12.7. The SMILES string of the molecule is Cc1csc(-c2ccc(NC(=O)N3CCC[C@@H](c4nc(C)cs4)C3)cc2)n1. The number of rotatable bonds is 3. The zero-order chi connectivity index (χ0) is 18.8. The normalized spacial score (nSPS) is 17.1. The average Bonchev–Trinajstić information content (AvgIpc) is 3.31. The summed E-state index contributed by atoms with van der Waals surface area (Å²) >= 11 is 3.33. The van der Waals surface area contributed by atoms with Crippen LogP contribution in [-0.2, 0) is 0 Å². The third kappa shape index (κ3) is 4.20. The number of hydrogen-bond acceptors (Lipinski definition) is 5. The van der Waals surface area contributed by atoms with E-state index in [1.165, 1.54) is 0 Å². The van der Waals surface area contributed by atoms with Gasteiger partial charge in [-0.25, -0.2) is 14.8 Å². The van der Waals surface area contributed by atoms with Gasteiger partial charge in [-0.3, -0.25) is 0 Å². The predicted molar refractivity (Wildman–Crippen MR) is 112 cm³/mol. The first-order valence-electron chi connectivity index (χ1n) is 9.09. The summed E-state index contributed by atoms with van der Waals surface area (Å²) in [6, 6.07) is 7.85. The van der Waals surface area contributed by atoms with Crippen molar-refractivity contribution in [3.05, 3.63) is 51.4 Å². The third-order valence-electron chi connectivity index (χ3n) is 4.70. The Morgan fingerprint density at radius 3 is 2.52 bits per heavy atom. The number of piperidine rings is 1. The molecule has 2 aromatic heterocycles. The Morgan fingerprint density at radius 2 is 1.85 bits per heavy atom. The highest BCUT2D eigenvalue weighted by atomic mass is 32.1. The van der Waals surface area contributed by atoms with E-state index in [1.807, 2.05) is 48.4 Å². The van der Waals surface area contributed by atoms with Crippen LogP contribution >= 0.6 is 22.7 Å². The highest BCUT2D eigenvalue weighted by molar-refractivity contribution is 7.13. The lowest BCUT2D eigenvalue weighted by molar-refractivity contribution is 0.192. The zero-order valence-corrected chi connectivity index (χ0v) is 17.1. The molecule has 3 heterocycles. The average molecular weight is 399 g/mol. The molecule has 1 N–H and O–H groups in total. The van der Waals surface area contributed by atoms with Crippen LogP contribution in [0.3, 0.4) is 0 Å². The fourth-order valence-electron chi connectivity index (χ4n) is 3.31. The van der Waals surface area contributed by atoms with Crippen LogP contribution in [0.15, 0.2) is 35.0 Å². The topological polar surface area (TPSA) is 58.1 Å². The van der Waals surface area contributed by atoms with Gasteiger partial charge in [-0.1, -0.05) is 0 Å². The lowest BCUT2D eigenvalue weighted by Crippen LogP contribution is -2.41. The summed E-state index contributed by atoms with van der Waals surface area (Å²) in [4.78, 5) is 23.7. The van der Waals surface area contributed by atoms with Crippen LogP contribution in [0.1, 0.15) is 35.2 Å². The first-order chi connectivity index (χ1) is 13.1. The fraction of sp³-hybridized carbons (Fsp3) is 0.350. The molecule has 0 aliphatic carbocycles. The van der Waals surface area contributed by atoms with E-state index >= 15 is 0 Å². The number of hydrogen-bond donors (Lipinski definition) is 1. The van der Waals surface area contributed by atoms with Crippen molar-refractivity contribution in [3.8, 4) is 10.6 Å². The van der Waals surface area contributed by atoms with Crippen LogP contribution < -0.4 is 5.32 Å². The summed E-state index contributed by atoms with van der Waals surface area (Å²) in [6.45, 7) is 5.54. The van der Waals surface area contributed by atoms with Gasteiger partial charge in [-0.15, -0.1) is 22.7 Å². The standard InChI is InChI=1S/C20H22N4OS2/c1-13-11-26-18(21-13)15-5-7-17(8-6-15)23-20(25)24-9-3-4-16(10-24)19-22-14(2)12-27-19/h5-8,11-12,16H,3-4,9-10H2,1-2H3,(H,23,25)/t16-/m1/s1. The van der Waals surface area contributed by atoms with Crippen LogP contribution in [0.25, 0.3) is 10.6 Å². The number of aromatic nitrogens is 2. The monoisotopic (exact) mass is 398 g/mol. The predicted octanol–water partition coefficient (Wildman–Crippen LogP) is 5.29. The molecule has 2 amide bonds. The Labute approximate surface area is 167 Å². The highest BCUT2D eigenvalue weighted by Crippen LogP contribution is 2.30. The van der Waals surface area contributed by atoms with Crippen LogP contribution in [0, 0.1) is 13.8 Å². The van der Waals surface area contributed by atoms with Crippen molar-refractivity contribution in [1.29, 1.82) is 0 Å². The number of benzene rings is 1. The molecule has 0 unspecified atom stereocenters. The van der Waals surface area contributed by atoms with E-state index < -0.39 is 0 Å². The smallest absolute Gasteiger partial charge is 0.321 e. The zero-order valence-electron chi connectivity index (χ0n) is 15.4. The number of nitrogens with zero attached hydrogens (tertiary/aromatic N) is 3. The molecule has 1 atom stereocenters. The van der Waals surface area contributed by atoms with Crippen molar-refractivity contribution < 1.29 is 4.79 Å². The molecule has 27 heavy (non-hydrogen) atoms. The largest absolute Gasteiger partial charge is 0.324 e. The molecular weight excluding hydrogens is 376 g/mol. The van der Waals surface area contributed by atoms with E-state index in [4.69, 9.17) is 0 Å². The Morgan fingerprint density at radius 1 is 1.11 bits per heavy atom. The van der Waals surface area contributed by atoms with Crippen molar-refractivity contribution in [2.24, 2.45) is 0 Å². The molecule has 0 radical (unpaired) electrons. The quantitative estimate of drug-likeness (QED) is 0.652. The summed E-state index contributed by atoms with van der Waals surface area (Å²) in [7, 11) is 0. The minimum Gasteiger partial charge on any atom is -0.324 e. The molecule has 1 fully saturated rings. The third-order valence-corrected chi connectivity index (χ3v) is 6.83.